The van der Waals surface area contributed by atoms with Gasteiger partial charge in [0.15, 0.2) is 0 Å². The third-order valence-corrected chi connectivity index (χ3v) is 6.30. The van der Waals surface area contributed by atoms with Crippen molar-refractivity contribution >= 4 is 32.0 Å². The van der Waals surface area contributed by atoms with Crippen molar-refractivity contribution in [1.82, 2.24) is 4.90 Å². The lowest BCUT2D eigenvalue weighted by Crippen LogP contribution is -2.48. The molecule has 1 saturated carbocycles. The summed E-state index contributed by atoms with van der Waals surface area (Å²) in [6, 6.07) is 11.7. The topological polar surface area (TPSA) is 82.4 Å². The maximum atomic E-state index is 14.3. The highest BCUT2D eigenvalue weighted by molar-refractivity contribution is 7.27. The number of amides is 2. The average molecular weight is 484 g/mol. The number of nitriles is 1. The minimum atomic E-state index is -0.854. The molecule has 6 nitrogen and oxygen atoms in total. The molecule has 0 bridgehead atoms. The molecule has 3 rings (SSSR count). The smallest absolute Gasteiger partial charge is 0.253 e. The van der Waals surface area contributed by atoms with Crippen molar-refractivity contribution in [2.45, 2.75) is 58.8 Å². The summed E-state index contributed by atoms with van der Waals surface area (Å²) in [6.07, 6.45) is 1.64. The van der Waals surface area contributed by atoms with Crippen LogP contribution in [-0.4, -0.2) is 35.4 Å². The first kappa shape index (κ1) is 25.8. The summed E-state index contributed by atoms with van der Waals surface area (Å²) in [7, 11) is 2.44. The zero-order valence-corrected chi connectivity index (χ0v) is 21.0. The molecule has 0 aromatic heterocycles. The number of carbonyl (C=O) groups is 2. The normalized spacial score (nSPS) is 14.7. The monoisotopic (exact) mass is 483 g/mol. The van der Waals surface area contributed by atoms with Gasteiger partial charge in [-0.15, -0.1) is 9.24 Å². The number of rotatable bonds is 10. The summed E-state index contributed by atoms with van der Waals surface area (Å²) in [6.45, 7) is 5.10. The molecule has 3 atom stereocenters. The summed E-state index contributed by atoms with van der Waals surface area (Å²) < 4.78 is 20.2. The van der Waals surface area contributed by atoms with E-state index in [1.807, 2.05) is 32.0 Å². The van der Waals surface area contributed by atoms with Gasteiger partial charge in [0.25, 0.3) is 5.91 Å². The first-order chi connectivity index (χ1) is 16.2. The fourth-order valence-corrected chi connectivity index (χ4v) is 3.97. The molecular weight excluding hydrogens is 452 g/mol. The Morgan fingerprint density at radius 2 is 2.00 bits per heavy atom. The Labute approximate surface area is 202 Å². The predicted octanol–water partition coefficient (Wildman–Crippen LogP) is 4.01. The van der Waals surface area contributed by atoms with Gasteiger partial charge in [-0.2, -0.15) is 5.26 Å². The van der Waals surface area contributed by atoms with Gasteiger partial charge >= 0.3 is 0 Å². The molecule has 180 valence electrons. The summed E-state index contributed by atoms with van der Waals surface area (Å²) in [5.74, 6) is -0.869. The molecule has 2 aromatic rings. The molecule has 1 aliphatic carbocycles. The number of carbonyl (C=O) groups excluding carboxylic acids is 2. The molecule has 2 amide bonds. The van der Waals surface area contributed by atoms with Gasteiger partial charge in [0.1, 0.15) is 24.5 Å². The second kappa shape index (κ2) is 11.6. The van der Waals surface area contributed by atoms with Crippen LogP contribution < -0.4 is 10.6 Å². The molecule has 1 fully saturated rings. The van der Waals surface area contributed by atoms with Crippen LogP contribution in [0.1, 0.15) is 42.9 Å². The maximum Gasteiger partial charge on any atom is 0.253 e. The van der Waals surface area contributed by atoms with Crippen molar-refractivity contribution < 1.29 is 18.7 Å². The lowest BCUT2D eigenvalue weighted by molar-refractivity contribution is -0.148. The van der Waals surface area contributed by atoms with E-state index in [4.69, 9.17) is 4.74 Å². The Morgan fingerprint density at radius 1 is 1.26 bits per heavy atom. The van der Waals surface area contributed by atoms with Gasteiger partial charge < -0.3 is 15.0 Å². The molecule has 0 saturated heterocycles. The van der Waals surface area contributed by atoms with Crippen molar-refractivity contribution in [3.8, 4) is 6.07 Å². The molecule has 0 radical (unpaired) electrons. The summed E-state index contributed by atoms with van der Waals surface area (Å²) in [5.41, 5.74) is 3.00. The summed E-state index contributed by atoms with van der Waals surface area (Å²) >= 11 is 0. The molecule has 0 aliphatic heterocycles. The second-order valence-electron chi connectivity index (χ2n) is 8.97. The number of anilines is 1. The average Bonchev–Trinajstić information content (AvgIpc) is 3.61. The lowest BCUT2D eigenvalue weighted by Gasteiger charge is -2.29. The van der Waals surface area contributed by atoms with Crippen LogP contribution in [-0.2, 0) is 20.9 Å². The van der Waals surface area contributed by atoms with E-state index in [9.17, 15) is 19.2 Å². The largest absolute Gasteiger partial charge is 0.364 e. The minimum absolute atomic E-state index is 0.0660. The quantitative estimate of drug-likeness (QED) is 0.518. The predicted molar refractivity (Wildman–Crippen MR) is 133 cm³/mol. The SMILES string of the molecule is Cc1ccc(NC(=O)CN(C(=O)C(CC2CC2)OCc2ccc(P)cc2F)C(C)C#N)c(C)c1. The van der Waals surface area contributed by atoms with Crippen LogP contribution in [0.2, 0.25) is 0 Å². The third kappa shape index (κ3) is 7.09. The molecule has 34 heavy (non-hydrogen) atoms. The van der Waals surface area contributed by atoms with E-state index in [0.29, 0.717) is 23.6 Å². The van der Waals surface area contributed by atoms with Crippen LogP contribution in [0.3, 0.4) is 0 Å². The summed E-state index contributed by atoms with van der Waals surface area (Å²) in [5, 5.41) is 13.1. The molecule has 0 spiro atoms. The number of aryl methyl sites for hydroxylation is 2. The van der Waals surface area contributed by atoms with E-state index >= 15 is 0 Å². The molecule has 0 heterocycles. The highest BCUT2D eigenvalue weighted by Crippen LogP contribution is 2.35. The number of ether oxygens (including phenoxy) is 1. The van der Waals surface area contributed by atoms with E-state index in [0.717, 1.165) is 29.3 Å². The number of hydrogen-bond donors (Lipinski definition) is 1. The van der Waals surface area contributed by atoms with Crippen LogP contribution in [0.25, 0.3) is 0 Å². The van der Waals surface area contributed by atoms with Crippen molar-refractivity contribution in [2.24, 2.45) is 5.92 Å². The van der Waals surface area contributed by atoms with E-state index in [1.54, 1.807) is 19.1 Å². The standard InChI is InChI=1S/C26H31FN3O3P/c1-16-4-9-23(17(2)10-16)29-25(31)14-30(18(3)13-28)26(32)24(11-19-5-6-19)33-15-20-7-8-21(34)12-22(20)27/h4,7-10,12,18-19,24H,5-6,11,14-15,34H2,1-3H3,(H,29,31). The summed E-state index contributed by atoms with van der Waals surface area (Å²) in [4.78, 5) is 27.5. The highest BCUT2D eigenvalue weighted by atomic mass is 31.0. The van der Waals surface area contributed by atoms with Gasteiger partial charge in [-0.05, 0) is 56.1 Å². The minimum Gasteiger partial charge on any atom is -0.364 e. The van der Waals surface area contributed by atoms with Crippen LogP contribution >= 0.6 is 9.24 Å². The Hall–Kier alpha value is -2.81. The van der Waals surface area contributed by atoms with Gasteiger partial charge in [-0.3, -0.25) is 9.59 Å². The van der Waals surface area contributed by atoms with E-state index in [-0.39, 0.29) is 13.2 Å². The van der Waals surface area contributed by atoms with E-state index in [1.165, 1.54) is 11.0 Å². The van der Waals surface area contributed by atoms with Gasteiger partial charge in [-0.1, -0.05) is 42.7 Å². The van der Waals surface area contributed by atoms with Crippen molar-refractivity contribution in [3.63, 3.8) is 0 Å². The number of benzene rings is 2. The van der Waals surface area contributed by atoms with Crippen molar-refractivity contribution in [2.75, 3.05) is 11.9 Å². The second-order valence-corrected chi connectivity index (χ2v) is 9.63. The number of halogens is 1. The highest BCUT2D eigenvalue weighted by Gasteiger charge is 2.35. The zero-order chi connectivity index (χ0) is 24.8. The van der Waals surface area contributed by atoms with Crippen LogP contribution in [0.15, 0.2) is 36.4 Å². The Kier molecular flexibility index (Phi) is 8.77. The van der Waals surface area contributed by atoms with Crippen LogP contribution in [0, 0.1) is 36.9 Å². The van der Waals surface area contributed by atoms with Crippen molar-refractivity contribution in [1.29, 1.82) is 5.26 Å². The van der Waals surface area contributed by atoms with E-state index in [2.05, 4.69) is 20.6 Å². The van der Waals surface area contributed by atoms with Crippen molar-refractivity contribution in [3.05, 3.63) is 58.9 Å². The fraction of sp³-hybridized carbons (Fsp3) is 0.423. The van der Waals surface area contributed by atoms with Gasteiger partial charge in [0, 0.05) is 11.3 Å². The fourth-order valence-electron chi connectivity index (χ4n) is 3.73. The Bertz CT molecular complexity index is 1100. The first-order valence-electron chi connectivity index (χ1n) is 11.4. The number of hydrogen-bond acceptors (Lipinski definition) is 4. The molecular formula is C26H31FN3O3P. The van der Waals surface area contributed by atoms with Gasteiger partial charge in [-0.25, -0.2) is 4.39 Å². The first-order valence-corrected chi connectivity index (χ1v) is 12.0. The molecule has 1 N–H and O–H groups in total. The van der Waals surface area contributed by atoms with E-state index < -0.39 is 29.8 Å². The van der Waals surface area contributed by atoms with Gasteiger partial charge in [0.2, 0.25) is 5.91 Å². The van der Waals surface area contributed by atoms with Gasteiger partial charge in [0.05, 0.1) is 12.7 Å². The van der Waals surface area contributed by atoms with Crippen LogP contribution in [0.5, 0.6) is 0 Å². The number of nitrogens with one attached hydrogen (secondary N) is 1. The Balaban J connectivity index is 1.73. The molecule has 2 aromatic carbocycles. The molecule has 1 aliphatic rings. The molecule has 8 heteroatoms. The maximum absolute atomic E-state index is 14.3. The van der Waals surface area contributed by atoms with Crippen LogP contribution in [0.4, 0.5) is 10.1 Å². The lowest BCUT2D eigenvalue weighted by atomic mass is 10.1. The zero-order valence-electron chi connectivity index (χ0n) is 19.8. The Morgan fingerprint density at radius 3 is 2.62 bits per heavy atom. The third-order valence-electron chi connectivity index (χ3n) is 5.94. The molecule has 3 unspecified atom stereocenters. The number of nitrogens with zero attached hydrogens (tertiary/aromatic N) is 2.